The van der Waals surface area contributed by atoms with Gasteiger partial charge in [-0.1, -0.05) is 65.5 Å². The van der Waals surface area contributed by atoms with Crippen molar-refractivity contribution >= 4 is 24.8 Å². The van der Waals surface area contributed by atoms with E-state index in [0.717, 1.165) is 29.8 Å². The molecule has 9 heteroatoms. The molecule has 1 aromatic carbocycles. The molecule has 0 saturated carbocycles. The fourth-order valence-electron chi connectivity index (χ4n) is 2.80. The Morgan fingerprint density at radius 3 is 2.03 bits per heavy atom. The average molecular weight is 544 g/mol. The molecule has 6 N–H and O–H groups in total. The molecule has 2 heterocycles. The van der Waals surface area contributed by atoms with E-state index >= 15 is 0 Å². The van der Waals surface area contributed by atoms with Crippen LogP contribution in [-0.2, 0) is 6.61 Å². The summed E-state index contributed by atoms with van der Waals surface area (Å²) in [6.45, 7) is 8.78. The molecule has 0 unspecified atom stereocenters. The van der Waals surface area contributed by atoms with E-state index in [0.29, 0.717) is 18.4 Å². The van der Waals surface area contributed by atoms with Crippen LogP contribution in [0.5, 0.6) is 5.75 Å². The second kappa shape index (κ2) is 20.7. The smallest absolute Gasteiger partial charge is 0.181 e. The fraction of sp³-hybridized carbons (Fsp3) is 0.407. The number of aliphatic hydroxyl groups excluding tert-OH is 1. The molecule has 0 radical (unpaired) electrons. The lowest BCUT2D eigenvalue weighted by Crippen LogP contribution is -2.19. The number of nitrogens with zero attached hydrogens (tertiary/aromatic N) is 1. The highest BCUT2D eigenvalue weighted by molar-refractivity contribution is 5.85. The van der Waals surface area contributed by atoms with E-state index in [9.17, 15) is 4.79 Å². The van der Waals surface area contributed by atoms with Crippen molar-refractivity contribution < 1.29 is 9.84 Å². The van der Waals surface area contributed by atoms with Crippen molar-refractivity contribution in [1.29, 1.82) is 0 Å². The van der Waals surface area contributed by atoms with Crippen LogP contribution in [0.4, 0.5) is 0 Å². The molecular weight excluding hydrogens is 499 g/mol. The van der Waals surface area contributed by atoms with Gasteiger partial charge in [-0.25, -0.2) is 0 Å². The average Bonchev–Trinajstić information content (AvgIpc) is 2.84. The quantitative estimate of drug-likeness (QED) is 0.315. The summed E-state index contributed by atoms with van der Waals surface area (Å²) in [4.78, 5) is 18.2. The van der Waals surface area contributed by atoms with E-state index in [-0.39, 0.29) is 49.8 Å². The minimum absolute atomic E-state index is 0. The van der Waals surface area contributed by atoms with Crippen LogP contribution in [0.3, 0.4) is 0 Å². The lowest BCUT2D eigenvalue weighted by atomic mass is 10.0. The van der Waals surface area contributed by atoms with Crippen LogP contribution in [0.1, 0.15) is 64.2 Å². The van der Waals surface area contributed by atoms with E-state index in [4.69, 9.17) is 21.3 Å². The maximum Gasteiger partial charge on any atom is 0.181 e. The monoisotopic (exact) mass is 542 g/mol. The lowest BCUT2D eigenvalue weighted by molar-refractivity contribution is 0.305. The summed E-state index contributed by atoms with van der Waals surface area (Å²) >= 11 is 0. The van der Waals surface area contributed by atoms with Gasteiger partial charge >= 0.3 is 0 Å². The second-order valence-electron chi connectivity index (χ2n) is 8.21. The molecule has 36 heavy (non-hydrogen) atoms. The van der Waals surface area contributed by atoms with Crippen LogP contribution in [0.2, 0.25) is 0 Å². The van der Waals surface area contributed by atoms with Crippen LogP contribution in [0.15, 0.2) is 71.8 Å². The van der Waals surface area contributed by atoms with Crippen LogP contribution in [-0.4, -0.2) is 22.2 Å². The first kappa shape index (κ1) is 38.1. The summed E-state index contributed by atoms with van der Waals surface area (Å²) in [5.41, 5.74) is 14.8. The molecular formula is C27H44Cl2N4O3. The number of rotatable bonds is 7. The number of aromatic amines is 1. The zero-order valence-electron chi connectivity index (χ0n) is 21.0. The number of nitrogens with two attached hydrogens (primary N) is 2. The minimum Gasteiger partial charge on any atom is -0.489 e. The molecule has 204 valence electrons. The molecule has 2 aromatic heterocycles. The first-order valence-electron chi connectivity index (χ1n) is 11.0. The molecule has 2 atom stereocenters. The molecule has 0 aliphatic rings. The van der Waals surface area contributed by atoms with Gasteiger partial charge in [0.05, 0.1) is 5.69 Å². The van der Waals surface area contributed by atoms with Crippen molar-refractivity contribution in [2.45, 2.75) is 53.8 Å². The molecule has 0 amide bonds. The third kappa shape index (κ3) is 13.6. The molecule has 0 aliphatic carbocycles. The molecule has 0 bridgehead atoms. The summed E-state index contributed by atoms with van der Waals surface area (Å²) in [6, 6.07) is 16.8. The van der Waals surface area contributed by atoms with Crippen LogP contribution >= 0.6 is 24.8 Å². The molecule has 0 saturated heterocycles. The van der Waals surface area contributed by atoms with Crippen LogP contribution in [0, 0.1) is 11.8 Å². The van der Waals surface area contributed by atoms with Gasteiger partial charge in [0.15, 0.2) is 5.43 Å². The summed E-state index contributed by atoms with van der Waals surface area (Å²) in [5, 5.41) is 7.00. The number of H-pyrrole nitrogens is 1. The number of pyridine rings is 2. The third-order valence-corrected chi connectivity index (χ3v) is 4.93. The van der Waals surface area contributed by atoms with Gasteiger partial charge in [-0.2, -0.15) is 0 Å². The van der Waals surface area contributed by atoms with Gasteiger partial charge in [0.25, 0.3) is 0 Å². The van der Waals surface area contributed by atoms with Gasteiger partial charge in [-0.3, -0.25) is 9.78 Å². The number of halogens is 2. The number of hydrogen-bond donors (Lipinski definition) is 4. The first-order chi connectivity index (χ1) is 15.8. The Hall–Kier alpha value is -2.42. The van der Waals surface area contributed by atoms with Crippen molar-refractivity contribution in [3.63, 3.8) is 0 Å². The maximum atomic E-state index is 10.9. The van der Waals surface area contributed by atoms with E-state index in [1.165, 1.54) is 6.07 Å². The fourth-order valence-corrected chi connectivity index (χ4v) is 2.80. The van der Waals surface area contributed by atoms with Crippen molar-refractivity contribution in [2.24, 2.45) is 23.3 Å². The number of ether oxygens (including phenoxy) is 1. The number of aromatic nitrogens is 2. The van der Waals surface area contributed by atoms with E-state index in [1.807, 2.05) is 56.3 Å². The van der Waals surface area contributed by atoms with Gasteiger partial charge in [0.1, 0.15) is 12.4 Å². The third-order valence-electron chi connectivity index (χ3n) is 4.93. The highest BCUT2D eigenvalue weighted by Gasteiger charge is 2.12. The predicted molar refractivity (Wildman–Crippen MR) is 155 cm³/mol. The molecule has 0 fully saturated rings. The Morgan fingerprint density at radius 2 is 1.50 bits per heavy atom. The van der Waals surface area contributed by atoms with E-state index < -0.39 is 0 Å². The largest absolute Gasteiger partial charge is 0.489 e. The predicted octanol–water partition coefficient (Wildman–Crippen LogP) is 5.44. The van der Waals surface area contributed by atoms with Crippen molar-refractivity contribution in [3.8, 4) is 5.75 Å². The zero-order valence-corrected chi connectivity index (χ0v) is 22.7. The molecule has 7 nitrogen and oxygen atoms in total. The van der Waals surface area contributed by atoms with Crippen LogP contribution in [0.25, 0.3) is 0 Å². The summed E-state index contributed by atoms with van der Waals surface area (Å²) in [5.74, 6) is 1.50. The number of nitrogens with one attached hydrogen (secondary N) is 1. The molecule has 0 spiro atoms. The Kier molecular flexibility index (Phi) is 22.0. The number of hydrogen-bond acceptors (Lipinski definition) is 6. The first-order valence-corrected chi connectivity index (χ1v) is 11.0. The Morgan fingerprint density at radius 1 is 0.917 bits per heavy atom. The van der Waals surface area contributed by atoms with Crippen LogP contribution < -0.4 is 21.6 Å². The highest BCUT2D eigenvalue weighted by Crippen LogP contribution is 2.21. The Labute approximate surface area is 228 Å². The number of aliphatic hydroxyl groups is 1. The van der Waals surface area contributed by atoms with E-state index in [1.54, 1.807) is 18.5 Å². The van der Waals surface area contributed by atoms with Crippen molar-refractivity contribution in [3.05, 3.63) is 94.2 Å². The lowest BCUT2D eigenvalue weighted by Gasteiger charge is -2.15. The van der Waals surface area contributed by atoms with Gasteiger partial charge in [-0.15, -0.1) is 24.8 Å². The topological polar surface area (TPSA) is 127 Å². The van der Waals surface area contributed by atoms with Gasteiger partial charge in [0.2, 0.25) is 0 Å². The van der Waals surface area contributed by atoms with E-state index in [2.05, 4.69) is 23.8 Å². The molecule has 3 aromatic rings. The molecule has 0 aliphatic heterocycles. The normalized spacial score (nSPS) is 11.2. The zero-order chi connectivity index (χ0) is 24.8. The molecule has 3 rings (SSSR count). The number of benzene rings is 1. The Balaban J connectivity index is -0.000000563. The van der Waals surface area contributed by atoms with Crippen molar-refractivity contribution in [2.75, 3.05) is 7.11 Å². The summed E-state index contributed by atoms with van der Waals surface area (Å²) in [7, 11) is 1.00. The second-order valence-corrected chi connectivity index (χ2v) is 8.21. The standard InChI is InChI=1S/C16H20N2O.C9H14N2O.CH4O.CH4.2ClH/c1-12(2)16(17)15-10-14(8-9-18-15)19-11-13-6-4-3-5-7-13;1-6(2)9(10)8-5-7(12)3-4-11-8;1-2;;;/h3-10,12,16H,11,17H2,1-2H3;3-6,9H,10H2,1-2H3,(H,11,12);2H,1H3;1H4;2*1H/t16-;9-;;;;/m00..../s1. The maximum absolute atomic E-state index is 10.9. The highest BCUT2D eigenvalue weighted by atomic mass is 35.5. The van der Waals surface area contributed by atoms with Gasteiger partial charge < -0.3 is 26.3 Å². The minimum atomic E-state index is -0.0844. The van der Waals surface area contributed by atoms with Gasteiger partial charge in [-0.05, 0) is 23.5 Å². The summed E-state index contributed by atoms with van der Waals surface area (Å²) in [6.07, 6.45) is 3.37. The Bertz CT molecular complexity index is 986. The van der Waals surface area contributed by atoms with Gasteiger partial charge in [0, 0.05) is 55.5 Å². The SMILES string of the molecule is C.CC(C)[C@H](N)c1cc(=O)cc[nH]1.CC(C)[C@H](N)c1cc(OCc2ccccc2)ccn1.CO.Cl.Cl. The summed E-state index contributed by atoms with van der Waals surface area (Å²) < 4.78 is 5.77. The van der Waals surface area contributed by atoms with Crippen molar-refractivity contribution in [1.82, 2.24) is 9.97 Å².